The van der Waals surface area contributed by atoms with Crippen LogP contribution in [0.25, 0.3) is 0 Å². The van der Waals surface area contributed by atoms with Gasteiger partial charge in [0.2, 0.25) is 0 Å². The van der Waals surface area contributed by atoms with Crippen LogP contribution in [-0.2, 0) is 9.53 Å². The number of carbonyl (C=O) groups excluding carboxylic acids is 1. The molecule has 0 aromatic carbocycles. The molecule has 20 heavy (non-hydrogen) atoms. The number of aryl methyl sites for hydroxylation is 1. The summed E-state index contributed by atoms with van der Waals surface area (Å²) in [4.78, 5) is 16.4. The lowest BCUT2D eigenvalue weighted by atomic mass is 9.96. The monoisotopic (exact) mass is 314 g/mol. The summed E-state index contributed by atoms with van der Waals surface area (Å²) in [5.41, 5.74) is 0.530. The van der Waals surface area contributed by atoms with E-state index in [0.717, 1.165) is 28.6 Å². The van der Waals surface area contributed by atoms with Gasteiger partial charge in [0.1, 0.15) is 9.88 Å². The molecule has 1 saturated carbocycles. The molecular weight excluding hydrogens is 292 g/mol. The van der Waals surface area contributed by atoms with Crippen LogP contribution in [0.3, 0.4) is 0 Å². The summed E-state index contributed by atoms with van der Waals surface area (Å²) in [7, 11) is 1.46. The number of aromatic nitrogens is 1. The Balaban J connectivity index is 1.77. The van der Waals surface area contributed by atoms with Crippen molar-refractivity contribution in [2.24, 2.45) is 0 Å². The molecule has 1 aromatic heterocycles. The Hall–Kier alpha value is -0.590. The molecular formula is C14H22N2O2S2. The third-order valence-electron chi connectivity index (χ3n) is 3.38. The second-order valence-corrected chi connectivity index (χ2v) is 7.65. The summed E-state index contributed by atoms with van der Waals surface area (Å²) in [6.07, 6.45) is 4.10. The second kappa shape index (κ2) is 6.91. The van der Waals surface area contributed by atoms with Crippen molar-refractivity contribution in [3.05, 3.63) is 11.1 Å². The number of thioether (sulfide) groups is 1. The van der Waals surface area contributed by atoms with Crippen LogP contribution >= 0.6 is 23.1 Å². The molecule has 1 N–H and O–H groups in total. The largest absolute Gasteiger partial charge is 0.468 e. The fourth-order valence-corrected chi connectivity index (χ4v) is 3.98. The van der Waals surface area contributed by atoms with E-state index in [4.69, 9.17) is 4.74 Å². The maximum Gasteiger partial charge on any atom is 0.325 e. The first kappa shape index (κ1) is 15.8. The van der Waals surface area contributed by atoms with Crippen LogP contribution in [0.5, 0.6) is 0 Å². The number of methoxy groups -OCH3 is 1. The fourth-order valence-electron chi connectivity index (χ4n) is 2.12. The molecule has 0 aliphatic heterocycles. The van der Waals surface area contributed by atoms with Gasteiger partial charge in [-0.1, -0.05) is 11.8 Å². The predicted octanol–water partition coefficient (Wildman–Crippen LogP) is 3.01. The number of esters is 1. The summed E-state index contributed by atoms with van der Waals surface area (Å²) in [5.74, 6) is 0.825. The molecule has 0 amide bonds. The highest BCUT2D eigenvalue weighted by atomic mass is 32.2. The molecule has 0 bridgehead atoms. The van der Waals surface area contributed by atoms with E-state index in [1.807, 2.05) is 13.8 Å². The van der Waals surface area contributed by atoms with Crippen LogP contribution in [0.4, 0.5) is 0 Å². The molecule has 1 aliphatic carbocycles. The fraction of sp³-hybridized carbons (Fsp3) is 0.714. The highest BCUT2D eigenvalue weighted by Crippen LogP contribution is 2.28. The number of hydrogen-bond acceptors (Lipinski definition) is 6. The number of carbonyl (C=O) groups is 1. The van der Waals surface area contributed by atoms with Gasteiger partial charge in [-0.2, -0.15) is 0 Å². The Kier molecular flexibility index (Phi) is 5.46. The molecule has 6 heteroatoms. The van der Waals surface area contributed by atoms with Gasteiger partial charge in [-0.3, -0.25) is 10.1 Å². The summed E-state index contributed by atoms with van der Waals surface area (Å²) in [6.45, 7) is 3.96. The Morgan fingerprint density at radius 1 is 1.65 bits per heavy atom. The molecule has 112 valence electrons. The van der Waals surface area contributed by atoms with Gasteiger partial charge in [0.05, 0.1) is 7.11 Å². The van der Waals surface area contributed by atoms with Crippen molar-refractivity contribution in [1.29, 1.82) is 0 Å². The Morgan fingerprint density at radius 3 is 2.95 bits per heavy atom. The van der Waals surface area contributed by atoms with Crippen LogP contribution in [0.1, 0.15) is 38.3 Å². The smallest absolute Gasteiger partial charge is 0.325 e. The van der Waals surface area contributed by atoms with Gasteiger partial charge >= 0.3 is 5.97 Å². The summed E-state index contributed by atoms with van der Waals surface area (Å²) >= 11 is 3.45. The Bertz CT molecular complexity index is 460. The maximum absolute atomic E-state index is 12.0. The van der Waals surface area contributed by atoms with Crippen molar-refractivity contribution in [1.82, 2.24) is 10.3 Å². The number of ether oxygens (including phenoxy) is 1. The van der Waals surface area contributed by atoms with Gasteiger partial charge in [-0.25, -0.2) is 4.98 Å². The van der Waals surface area contributed by atoms with Crippen LogP contribution in [0.15, 0.2) is 9.72 Å². The minimum Gasteiger partial charge on any atom is -0.468 e. The SMILES string of the molecule is COC(=O)C(C)(CCCSc1nc(C)cs1)NC1CC1. The molecule has 1 heterocycles. The Labute approximate surface area is 128 Å². The third-order valence-corrected chi connectivity index (χ3v) is 5.61. The van der Waals surface area contributed by atoms with Gasteiger partial charge in [0.15, 0.2) is 0 Å². The first-order valence-corrected chi connectivity index (χ1v) is 8.81. The minimum absolute atomic E-state index is 0.153. The second-order valence-electron chi connectivity index (χ2n) is 5.45. The normalized spacial score (nSPS) is 17.8. The molecule has 2 rings (SSSR count). The van der Waals surface area contributed by atoms with E-state index in [0.29, 0.717) is 6.04 Å². The predicted molar refractivity (Wildman–Crippen MR) is 83.4 cm³/mol. The zero-order chi connectivity index (χ0) is 14.6. The number of nitrogens with zero attached hydrogens (tertiary/aromatic N) is 1. The van der Waals surface area contributed by atoms with E-state index in [-0.39, 0.29) is 5.97 Å². The minimum atomic E-state index is -0.546. The standard InChI is InChI=1S/C14H22N2O2S2/c1-10-9-20-13(15-10)19-8-4-7-14(2,12(17)18-3)16-11-5-6-11/h9,11,16H,4-8H2,1-3H3. The number of thiazole rings is 1. The van der Waals surface area contributed by atoms with Crippen molar-refractivity contribution in [2.75, 3.05) is 12.9 Å². The molecule has 0 spiro atoms. The average Bonchev–Trinajstić information content (AvgIpc) is 3.14. The topological polar surface area (TPSA) is 51.2 Å². The third kappa shape index (κ3) is 4.46. The molecule has 1 aromatic rings. The van der Waals surface area contributed by atoms with Gasteiger partial charge in [0, 0.05) is 22.9 Å². The molecule has 4 nitrogen and oxygen atoms in total. The maximum atomic E-state index is 12.0. The Morgan fingerprint density at radius 2 is 2.40 bits per heavy atom. The van der Waals surface area contributed by atoms with Gasteiger partial charge in [0.25, 0.3) is 0 Å². The van der Waals surface area contributed by atoms with Crippen LogP contribution in [-0.4, -0.2) is 35.4 Å². The first-order valence-electron chi connectivity index (χ1n) is 6.94. The van der Waals surface area contributed by atoms with Crippen molar-refractivity contribution in [2.45, 2.75) is 55.5 Å². The molecule has 1 fully saturated rings. The van der Waals surface area contributed by atoms with Crippen LogP contribution < -0.4 is 5.32 Å². The summed E-state index contributed by atoms with van der Waals surface area (Å²) < 4.78 is 6.05. The highest BCUT2D eigenvalue weighted by molar-refractivity contribution is 8.00. The lowest BCUT2D eigenvalue weighted by Crippen LogP contribution is -2.51. The van der Waals surface area contributed by atoms with Crippen molar-refractivity contribution < 1.29 is 9.53 Å². The lowest BCUT2D eigenvalue weighted by molar-refractivity contribution is -0.148. The van der Waals surface area contributed by atoms with E-state index < -0.39 is 5.54 Å². The van der Waals surface area contributed by atoms with Gasteiger partial charge in [-0.05, 0) is 39.5 Å². The van der Waals surface area contributed by atoms with Crippen LogP contribution in [0.2, 0.25) is 0 Å². The quantitative estimate of drug-likeness (QED) is 0.454. The summed E-state index contributed by atoms with van der Waals surface area (Å²) in [6, 6.07) is 0.494. The molecule has 0 saturated heterocycles. The highest BCUT2D eigenvalue weighted by Gasteiger charge is 2.38. The molecule has 1 atom stereocenters. The van der Waals surface area contributed by atoms with E-state index in [1.165, 1.54) is 20.0 Å². The van der Waals surface area contributed by atoms with E-state index >= 15 is 0 Å². The number of hydrogen-bond donors (Lipinski definition) is 1. The van der Waals surface area contributed by atoms with Crippen LogP contribution in [0, 0.1) is 6.92 Å². The average molecular weight is 314 g/mol. The van der Waals surface area contributed by atoms with Crippen molar-refractivity contribution in [3.63, 3.8) is 0 Å². The number of rotatable bonds is 8. The molecule has 1 unspecified atom stereocenters. The summed E-state index contributed by atoms with van der Waals surface area (Å²) in [5, 5.41) is 5.49. The lowest BCUT2D eigenvalue weighted by Gasteiger charge is -2.28. The van der Waals surface area contributed by atoms with E-state index in [9.17, 15) is 4.79 Å². The van der Waals surface area contributed by atoms with Gasteiger partial charge < -0.3 is 4.74 Å². The molecule has 0 radical (unpaired) electrons. The van der Waals surface area contributed by atoms with Crippen molar-refractivity contribution >= 4 is 29.1 Å². The van der Waals surface area contributed by atoms with Crippen molar-refractivity contribution in [3.8, 4) is 0 Å². The zero-order valence-electron chi connectivity index (χ0n) is 12.3. The molecule has 1 aliphatic rings. The number of nitrogens with one attached hydrogen (secondary N) is 1. The van der Waals surface area contributed by atoms with E-state index in [1.54, 1.807) is 23.1 Å². The first-order chi connectivity index (χ1) is 9.53. The van der Waals surface area contributed by atoms with E-state index in [2.05, 4.69) is 15.7 Å². The zero-order valence-corrected chi connectivity index (χ0v) is 13.9. The van der Waals surface area contributed by atoms with Gasteiger partial charge in [-0.15, -0.1) is 11.3 Å².